The summed E-state index contributed by atoms with van der Waals surface area (Å²) in [6.45, 7) is 6.92. The fraction of sp³-hybridized carbons (Fsp3) is 0.600. The second-order valence-corrected chi connectivity index (χ2v) is 5.20. The van der Waals surface area contributed by atoms with Crippen molar-refractivity contribution in [1.29, 1.82) is 0 Å². The summed E-state index contributed by atoms with van der Waals surface area (Å²) in [5.74, 6) is -1.47. The Kier molecular flexibility index (Phi) is 4.88. The van der Waals surface area contributed by atoms with Gasteiger partial charge in [-0.25, -0.2) is 8.78 Å². The minimum atomic E-state index is -0.759. The van der Waals surface area contributed by atoms with E-state index in [2.05, 4.69) is 17.1 Å². The van der Waals surface area contributed by atoms with E-state index in [-0.39, 0.29) is 6.04 Å². The average molecular weight is 268 g/mol. The molecule has 1 saturated heterocycles. The van der Waals surface area contributed by atoms with Crippen LogP contribution >= 0.6 is 0 Å². The van der Waals surface area contributed by atoms with Crippen molar-refractivity contribution in [3.05, 3.63) is 35.4 Å². The van der Waals surface area contributed by atoms with E-state index >= 15 is 0 Å². The van der Waals surface area contributed by atoms with E-state index in [1.54, 1.807) is 12.1 Å². The van der Waals surface area contributed by atoms with Gasteiger partial charge in [0.25, 0.3) is 0 Å². The second-order valence-electron chi connectivity index (χ2n) is 5.20. The van der Waals surface area contributed by atoms with Crippen molar-refractivity contribution in [2.45, 2.75) is 38.8 Å². The molecule has 0 radical (unpaired) electrons. The molecule has 1 aromatic carbocycles. The van der Waals surface area contributed by atoms with Crippen molar-refractivity contribution in [2.75, 3.05) is 19.6 Å². The Hall–Kier alpha value is -1.00. The topological polar surface area (TPSA) is 15.3 Å². The van der Waals surface area contributed by atoms with Crippen LogP contribution in [0.2, 0.25) is 0 Å². The zero-order chi connectivity index (χ0) is 13.8. The Bertz CT molecular complexity index is 417. The molecule has 1 aliphatic rings. The highest BCUT2D eigenvalue weighted by atomic mass is 19.2. The fourth-order valence-corrected chi connectivity index (χ4v) is 2.89. The van der Waals surface area contributed by atoms with E-state index in [1.807, 2.05) is 6.92 Å². The van der Waals surface area contributed by atoms with E-state index in [1.165, 1.54) is 6.07 Å². The molecule has 2 nitrogen and oxygen atoms in total. The Morgan fingerprint density at radius 3 is 2.84 bits per heavy atom. The van der Waals surface area contributed by atoms with Crippen LogP contribution in [0.1, 0.15) is 38.3 Å². The largest absolute Gasteiger partial charge is 0.315 e. The van der Waals surface area contributed by atoms with Crippen molar-refractivity contribution in [1.82, 2.24) is 10.2 Å². The van der Waals surface area contributed by atoms with Crippen LogP contribution in [0.15, 0.2) is 18.2 Å². The second kappa shape index (κ2) is 6.44. The zero-order valence-electron chi connectivity index (χ0n) is 11.6. The number of benzene rings is 1. The molecule has 0 bridgehead atoms. The molecule has 0 aromatic heterocycles. The van der Waals surface area contributed by atoms with Gasteiger partial charge in [-0.3, -0.25) is 4.90 Å². The van der Waals surface area contributed by atoms with Crippen molar-refractivity contribution < 1.29 is 8.78 Å². The summed E-state index contributed by atoms with van der Waals surface area (Å²) in [7, 11) is 0. The van der Waals surface area contributed by atoms with Gasteiger partial charge >= 0.3 is 0 Å². The summed E-state index contributed by atoms with van der Waals surface area (Å²) >= 11 is 0. The first-order valence-corrected chi connectivity index (χ1v) is 7.05. The molecule has 1 aromatic rings. The normalized spacial score (nSPS) is 21.0. The lowest BCUT2D eigenvalue weighted by atomic mass is 10.0. The first-order chi connectivity index (χ1) is 9.15. The van der Waals surface area contributed by atoms with E-state index in [0.717, 1.165) is 32.5 Å². The number of halogens is 2. The third-order valence-corrected chi connectivity index (χ3v) is 3.91. The maximum atomic E-state index is 13.9. The van der Waals surface area contributed by atoms with Gasteiger partial charge in [0.05, 0.1) is 0 Å². The molecule has 4 heteroatoms. The molecule has 1 aliphatic heterocycles. The zero-order valence-corrected chi connectivity index (χ0v) is 11.6. The molecule has 19 heavy (non-hydrogen) atoms. The summed E-state index contributed by atoms with van der Waals surface area (Å²) in [5.41, 5.74) is 0.459. The Morgan fingerprint density at radius 1 is 1.42 bits per heavy atom. The lowest BCUT2D eigenvalue weighted by molar-refractivity contribution is 0.150. The number of hydrogen-bond acceptors (Lipinski definition) is 2. The highest BCUT2D eigenvalue weighted by Gasteiger charge is 2.28. The smallest absolute Gasteiger partial charge is 0.163 e. The van der Waals surface area contributed by atoms with Crippen molar-refractivity contribution in [3.8, 4) is 0 Å². The van der Waals surface area contributed by atoms with Gasteiger partial charge in [0.15, 0.2) is 11.6 Å². The van der Waals surface area contributed by atoms with Crippen molar-refractivity contribution in [2.24, 2.45) is 0 Å². The van der Waals surface area contributed by atoms with Gasteiger partial charge in [0.2, 0.25) is 0 Å². The SMILES string of the molecule is CCCN(C1CCNC1)C(C)c1cccc(F)c1F. The van der Waals surface area contributed by atoms with Crippen LogP contribution < -0.4 is 5.32 Å². The van der Waals surface area contributed by atoms with Crippen molar-refractivity contribution >= 4 is 0 Å². The van der Waals surface area contributed by atoms with Crippen LogP contribution in [0.5, 0.6) is 0 Å². The molecule has 1 heterocycles. The third kappa shape index (κ3) is 3.12. The van der Waals surface area contributed by atoms with Crippen LogP contribution in [0.4, 0.5) is 8.78 Å². The van der Waals surface area contributed by atoms with Gasteiger partial charge in [0, 0.05) is 24.2 Å². The van der Waals surface area contributed by atoms with Gasteiger partial charge in [0.1, 0.15) is 0 Å². The van der Waals surface area contributed by atoms with Crippen LogP contribution in [0, 0.1) is 11.6 Å². The lowest BCUT2D eigenvalue weighted by Gasteiger charge is -2.34. The monoisotopic (exact) mass is 268 g/mol. The summed E-state index contributed by atoms with van der Waals surface area (Å²) in [6.07, 6.45) is 2.08. The molecular formula is C15H22F2N2. The van der Waals surface area contributed by atoms with Crippen molar-refractivity contribution in [3.63, 3.8) is 0 Å². The van der Waals surface area contributed by atoms with E-state index in [0.29, 0.717) is 11.6 Å². The lowest BCUT2D eigenvalue weighted by Crippen LogP contribution is -2.39. The van der Waals surface area contributed by atoms with Crippen LogP contribution in [-0.4, -0.2) is 30.6 Å². The fourth-order valence-electron chi connectivity index (χ4n) is 2.89. The molecule has 1 fully saturated rings. The van der Waals surface area contributed by atoms with Gasteiger partial charge in [-0.15, -0.1) is 0 Å². The van der Waals surface area contributed by atoms with Gasteiger partial charge in [-0.1, -0.05) is 19.1 Å². The molecule has 0 spiro atoms. The molecule has 2 atom stereocenters. The molecular weight excluding hydrogens is 246 g/mol. The molecule has 0 amide bonds. The highest BCUT2D eigenvalue weighted by Crippen LogP contribution is 2.27. The number of rotatable bonds is 5. The summed E-state index contributed by atoms with van der Waals surface area (Å²) < 4.78 is 27.3. The standard InChI is InChI=1S/C15H22F2N2/c1-3-9-19(12-7-8-18-10-12)11(2)13-5-4-6-14(16)15(13)17/h4-6,11-12,18H,3,7-10H2,1-2H3. The minimum Gasteiger partial charge on any atom is -0.315 e. The summed E-state index contributed by atoms with van der Waals surface area (Å²) in [5, 5.41) is 3.33. The minimum absolute atomic E-state index is 0.0967. The molecule has 0 saturated carbocycles. The highest BCUT2D eigenvalue weighted by molar-refractivity contribution is 5.22. The van der Waals surface area contributed by atoms with E-state index in [4.69, 9.17) is 0 Å². The van der Waals surface area contributed by atoms with Crippen LogP contribution in [0.3, 0.4) is 0 Å². The van der Waals surface area contributed by atoms with E-state index in [9.17, 15) is 8.78 Å². The van der Waals surface area contributed by atoms with Gasteiger partial charge in [-0.05, 0) is 38.9 Å². The van der Waals surface area contributed by atoms with Crippen LogP contribution in [-0.2, 0) is 0 Å². The molecule has 2 rings (SSSR count). The quantitative estimate of drug-likeness (QED) is 0.882. The summed E-state index contributed by atoms with van der Waals surface area (Å²) in [6, 6.07) is 4.76. The maximum Gasteiger partial charge on any atom is 0.163 e. The average Bonchev–Trinajstić information content (AvgIpc) is 2.92. The molecule has 1 N–H and O–H groups in total. The molecule has 106 valence electrons. The third-order valence-electron chi connectivity index (χ3n) is 3.91. The predicted molar refractivity (Wildman–Crippen MR) is 73.0 cm³/mol. The number of nitrogens with one attached hydrogen (secondary N) is 1. The van der Waals surface area contributed by atoms with E-state index < -0.39 is 11.6 Å². The predicted octanol–water partition coefficient (Wildman–Crippen LogP) is 3.10. The Labute approximate surface area is 113 Å². The molecule has 0 aliphatic carbocycles. The van der Waals surface area contributed by atoms with Gasteiger partial charge in [-0.2, -0.15) is 0 Å². The number of hydrogen-bond donors (Lipinski definition) is 1. The van der Waals surface area contributed by atoms with Gasteiger partial charge < -0.3 is 5.32 Å². The Morgan fingerprint density at radius 2 is 2.21 bits per heavy atom. The molecule has 2 unspecified atom stereocenters. The Balaban J connectivity index is 2.22. The first kappa shape index (κ1) is 14.4. The first-order valence-electron chi connectivity index (χ1n) is 7.05. The van der Waals surface area contributed by atoms with Crippen LogP contribution in [0.25, 0.3) is 0 Å². The number of nitrogens with zero attached hydrogens (tertiary/aromatic N) is 1. The maximum absolute atomic E-state index is 13.9. The summed E-state index contributed by atoms with van der Waals surface area (Å²) in [4.78, 5) is 2.29.